The number of aromatic nitrogens is 3. The van der Waals surface area contributed by atoms with Crippen LogP contribution in [0.4, 0.5) is 0 Å². The largest absolute Gasteiger partial charge is 0.396 e. The van der Waals surface area contributed by atoms with Gasteiger partial charge in [-0.2, -0.15) is 5.10 Å². The van der Waals surface area contributed by atoms with Gasteiger partial charge < -0.3 is 10.4 Å². The number of carbonyl (C=O) groups is 1. The molecule has 2 aromatic rings. The van der Waals surface area contributed by atoms with Crippen molar-refractivity contribution in [3.8, 4) is 0 Å². The summed E-state index contributed by atoms with van der Waals surface area (Å²) in [5.41, 5.74) is 3.67. The number of aliphatic hydroxyl groups excluding tert-OH is 1. The quantitative estimate of drug-likeness (QED) is 0.847. The Kier molecular flexibility index (Phi) is 4.85. The molecule has 3 rings (SSSR count). The van der Waals surface area contributed by atoms with Gasteiger partial charge in [-0.25, -0.2) is 9.50 Å². The molecule has 24 heavy (non-hydrogen) atoms. The monoisotopic (exact) mass is 330 g/mol. The van der Waals surface area contributed by atoms with Gasteiger partial charge in [0, 0.05) is 30.0 Å². The molecule has 0 spiro atoms. The fourth-order valence-corrected chi connectivity index (χ4v) is 3.73. The molecule has 0 saturated heterocycles. The van der Waals surface area contributed by atoms with E-state index in [1.54, 1.807) is 4.52 Å². The van der Waals surface area contributed by atoms with Gasteiger partial charge in [-0.1, -0.05) is 19.3 Å². The van der Waals surface area contributed by atoms with Crippen LogP contribution >= 0.6 is 0 Å². The van der Waals surface area contributed by atoms with Crippen LogP contribution < -0.4 is 5.32 Å². The summed E-state index contributed by atoms with van der Waals surface area (Å²) in [4.78, 5) is 17.4. The summed E-state index contributed by atoms with van der Waals surface area (Å²) < 4.78 is 1.73. The van der Waals surface area contributed by atoms with E-state index >= 15 is 0 Å². The van der Waals surface area contributed by atoms with Gasteiger partial charge in [-0.15, -0.1) is 0 Å². The fraction of sp³-hybridized carbons (Fsp3) is 0.611. The lowest BCUT2D eigenvalue weighted by molar-refractivity contribution is 0.0900. The number of carbonyl (C=O) groups excluding carboxylic acids is 1. The highest BCUT2D eigenvalue weighted by Gasteiger charge is 2.27. The number of hydrogen-bond acceptors (Lipinski definition) is 4. The van der Waals surface area contributed by atoms with E-state index in [4.69, 9.17) is 0 Å². The summed E-state index contributed by atoms with van der Waals surface area (Å²) in [7, 11) is 0. The molecule has 0 aliphatic heterocycles. The Morgan fingerprint density at radius 1 is 1.29 bits per heavy atom. The van der Waals surface area contributed by atoms with Crippen molar-refractivity contribution in [2.75, 3.05) is 6.61 Å². The highest BCUT2D eigenvalue weighted by atomic mass is 16.3. The van der Waals surface area contributed by atoms with Gasteiger partial charge in [0.05, 0.1) is 5.69 Å². The maximum absolute atomic E-state index is 12.9. The average molecular weight is 330 g/mol. The fourth-order valence-electron chi connectivity index (χ4n) is 3.73. The number of rotatable bonds is 3. The number of fused-ring (bicyclic) bond motifs is 1. The normalized spacial score (nSPS) is 21.7. The van der Waals surface area contributed by atoms with Crippen LogP contribution in [0.1, 0.15) is 59.5 Å². The summed E-state index contributed by atoms with van der Waals surface area (Å²) in [5.74, 6) is 0.000348. The molecule has 1 aliphatic carbocycles. The zero-order chi connectivity index (χ0) is 17.3. The van der Waals surface area contributed by atoms with Crippen LogP contribution in [-0.4, -0.2) is 38.3 Å². The number of nitrogens with one attached hydrogen (secondary N) is 1. The lowest BCUT2D eigenvalue weighted by atomic mass is 9.95. The zero-order valence-electron chi connectivity index (χ0n) is 14.7. The van der Waals surface area contributed by atoms with Gasteiger partial charge in [0.15, 0.2) is 5.65 Å². The Hall–Kier alpha value is -1.95. The average Bonchev–Trinajstić information content (AvgIpc) is 2.71. The third-order valence-corrected chi connectivity index (χ3v) is 5.01. The molecule has 2 atom stereocenters. The number of hydrogen-bond donors (Lipinski definition) is 2. The molecule has 2 aromatic heterocycles. The second kappa shape index (κ2) is 6.89. The third-order valence-electron chi connectivity index (χ3n) is 5.01. The van der Waals surface area contributed by atoms with E-state index in [0.717, 1.165) is 37.1 Å². The van der Waals surface area contributed by atoms with Gasteiger partial charge in [-0.05, 0) is 39.7 Å². The van der Waals surface area contributed by atoms with E-state index in [2.05, 4.69) is 15.4 Å². The van der Waals surface area contributed by atoms with E-state index in [-0.39, 0.29) is 24.5 Å². The molecule has 2 unspecified atom stereocenters. The highest BCUT2D eigenvalue weighted by Crippen LogP contribution is 2.24. The number of amides is 1. The SMILES string of the molecule is Cc1cc(C)n2nc(C)c(C(=O)NC3CCCCCC3CO)c2n1. The molecule has 6 nitrogen and oxygen atoms in total. The predicted molar refractivity (Wildman–Crippen MR) is 92.1 cm³/mol. The molecule has 1 amide bonds. The molecule has 1 aliphatic rings. The molecular weight excluding hydrogens is 304 g/mol. The van der Waals surface area contributed by atoms with Crippen LogP contribution in [0.5, 0.6) is 0 Å². The second-order valence-corrected chi connectivity index (χ2v) is 6.90. The van der Waals surface area contributed by atoms with Crippen molar-refractivity contribution >= 4 is 11.6 Å². The zero-order valence-corrected chi connectivity index (χ0v) is 14.7. The van der Waals surface area contributed by atoms with Crippen molar-refractivity contribution in [2.45, 2.75) is 58.9 Å². The molecule has 6 heteroatoms. The van der Waals surface area contributed by atoms with Gasteiger partial charge in [0.1, 0.15) is 5.56 Å². The summed E-state index contributed by atoms with van der Waals surface area (Å²) in [6, 6.07) is 1.97. The Morgan fingerprint density at radius 3 is 2.79 bits per heavy atom. The Bertz CT molecular complexity index is 753. The first-order valence-corrected chi connectivity index (χ1v) is 8.76. The van der Waals surface area contributed by atoms with Crippen molar-refractivity contribution in [1.29, 1.82) is 0 Å². The molecule has 2 N–H and O–H groups in total. The number of aryl methyl sites for hydroxylation is 3. The van der Waals surface area contributed by atoms with Gasteiger partial charge in [-0.3, -0.25) is 4.79 Å². The predicted octanol–water partition coefficient (Wildman–Crippen LogP) is 2.33. The maximum atomic E-state index is 12.9. The van der Waals surface area contributed by atoms with Crippen LogP contribution in [0.15, 0.2) is 6.07 Å². The maximum Gasteiger partial charge on any atom is 0.257 e. The van der Waals surface area contributed by atoms with Crippen LogP contribution in [0.3, 0.4) is 0 Å². The first-order valence-electron chi connectivity index (χ1n) is 8.76. The second-order valence-electron chi connectivity index (χ2n) is 6.90. The van der Waals surface area contributed by atoms with Crippen molar-refractivity contribution in [3.05, 3.63) is 28.7 Å². The minimum Gasteiger partial charge on any atom is -0.396 e. The topological polar surface area (TPSA) is 79.5 Å². The smallest absolute Gasteiger partial charge is 0.257 e. The summed E-state index contributed by atoms with van der Waals surface area (Å²) >= 11 is 0. The Morgan fingerprint density at radius 2 is 2.04 bits per heavy atom. The lowest BCUT2D eigenvalue weighted by Crippen LogP contribution is -2.41. The molecule has 1 saturated carbocycles. The van der Waals surface area contributed by atoms with Crippen LogP contribution in [0, 0.1) is 26.7 Å². The first kappa shape index (κ1) is 16.9. The summed E-state index contributed by atoms with van der Waals surface area (Å²) in [6.45, 7) is 5.84. The van der Waals surface area contributed by atoms with E-state index in [1.165, 1.54) is 6.42 Å². The van der Waals surface area contributed by atoms with E-state index in [0.29, 0.717) is 16.9 Å². The molecule has 2 heterocycles. The molecular formula is C18H26N4O2. The minimum atomic E-state index is -0.134. The van der Waals surface area contributed by atoms with Gasteiger partial charge in [0.25, 0.3) is 5.91 Å². The summed E-state index contributed by atoms with van der Waals surface area (Å²) in [6.07, 6.45) is 5.25. The van der Waals surface area contributed by atoms with Crippen molar-refractivity contribution in [2.24, 2.45) is 5.92 Å². The Balaban J connectivity index is 1.92. The molecule has 1 fully saturated rings. The van der Waals surface area contributed by atoms with Crippen molar-refractivity contribution in [3.63, 3.8) is 0 Å². The van der Waals surface area contributed by atoms with E-state index in [9.17, 15) is 9.90 Å². The first-order chi connectivity index (χ1) is 11.5. The molecule has 0 bridgehead atoms. The minimum absolute atomic E-state index is 0.0188. The van der Waals surface area contributed by atoms with Gasteiger partial charge >= 0.3 is 0 Å². The van der Waals surface area contributed by atoms with E-state index in [1.807, 2.05) is 26.8 Å². The lowest BCUT2D eigenvalue weighted by Gasteiger charge is -2.24. The summed E-state index contributed by atoms with van der Waals surface area (Å²) in [5, 5.41) is 17.3. The van der Waals surface area contributed by atoms with E-state index < -0.39 is 0 Å². The molecule has 0 radical (unpaired) electrons. The van der Waals surface area contributed by atoms with Crippen LogP contribution in [0.25, 0.3) is 5.65 Å². The van der Waals surface area contributed by atoms with Crippen molar-refractivity contribution < 1.29 is 9.90 Å². The number of aliphatic hydroxyl groups is 1. The highest BCUT2D eigenvalue weighted by molar-refractivity contribution is 6.01. The van der Waals surface area contributed by atoms with Crippen LogP contribution in [0.2, 0.25) is 0 Å². The molecule has 0 aromatic carbocycles. The third kappa shape index (κ3) is 3.15. The van der Waals surface area contributed by atoms with Crippen molar-refractivity contribution in [1.82, 2.24) is 19.9 Å². The Labute approximate surface area is 142 Å². The standard InChI is InChI=1S/C18H26N4O2/c1-11-9-12(2)22-17(19-11)16(13(3)21-22)18(24)20-15-8-6-4-5-7-14(15)10-23/h9,14-15,23H,4-8,10H2,1-3H3,(H,20,24). The van der Waals surface area contributed by atoms with Gasteiger partial charge in [0.2, 0.25) is 0 Å². The molecule has 130 valence electrons. The number of nitrogens with zero attached hydrogens (tertiary/aromatic N) is 3. The van der Waals surface area contributed by atoms with Crippen LogP contribution in [-0.2, 0) is 0 Å².